The van der Waals surface area contributed by atoms with Gasteiger partial charge in [-0.1, -0.05) is 18.2 Å². The largest absolute Gasteiger partial charge is 0.490 e. The number of nitrogens with zero attached hydrogens (tertiary/aromatic N) is 1. The van der Waals surface area contributed by atoms with Crippen LogP contribution in [0, 0.1) is 0 Å². The van der Waals surface area contributed by atoms with Crippen molar-refractivity contribution >= 4 is 23.5 Å². The van der Waals surface area contributed by atoms with E-state index in [1.165, 1.54) is 0 Å². The van der Waals surface area contributed by atoms with Gasteiger partial charge in [-0.2, -0.15) is 0 Å². The second kappa shape index (κ2) is 7.59. The third kappa shape index (κ3) is 3.62. The van der Waals surface area contributed by atoms with Crippen LogP contribution >= 0.6 is 0 Å². The van der Waals surface area contributed by atoms with Crippen molar-refractivity contribution in [3.63, 3.8) is 0 Å². The van der Waals surface area contributed by atoms with E-state index in [1.807, 2.05) is 0 Å². The first-order valence-electron chi connectivity index (χ1n) is 8.99. The summed E-state index contributed by atoms with van der Waals surface area (Å²) in [5.41, 5.74) is 1.54. The van der Waals surface area contributed by atoms with Crippen molar-refractivity contribution in [1.82, 2.24) is 10.2 Å². The standard InChI is InChI=1S/C20H19N3O5/c24-18-11-21-20(26)23(18)12-13-4-1-2-5-15(13)19(25)22-14-6-7-16-17(10-14)28-9-3-8-27-16/h1-2,4-7,10H,3,8-9,11-12H2,(H,21,26)(H,22,25). The smallest absolute Gasteiger partial charge is 0.324 e. The number of ether oxygens (including phenoxy) is 2. The van der Waals surface area contributed by atoms with Gasteiger partial charge in [0.2, 0.25) is 5.91 Å². The molecule has 28 heavy (non-hydrogen) atoms. The molecule has 0 aromatic heterocycles. The number of benzene rings is 2. The van der Waals surface area contributed by atoms with Crippen LogP contribution in [0.2, 0.25) is 0 Å². The van der Waals surface area contributed by atoms with Crippen LogP contribution in [0.15, 0.2) is 42.5 Å². The summed E-state index contributed by atoms with van der Waals surface area (Å²) in [6.45, 7) is 1.16. The number of hydrogen-bond donors (Lipinski definition) is 2. The maximum atomic E-state index is 12.8. The molecule has 1 fully saturated rings. The van der Waals surface area contributed by atoms with Crippen LogP contribution in [0.4, 0.5) is 10.5 Å². The highest BCUT2D eigenvalue weighted by Gasteiger charge is 2.29. The predicted octanol–water partition coefficient (Wildman–Crippen LogP) is 2.15. The number of anilines is 1. The first kappa shape index (κ1) is 17.8. The topological polar surface area (TPSA) is 97.0 Å². The van der Waals surface area contributed by atoms with Gasteiger partial charge < -0.3 is 20.1 Å². The van der Waals surface area contributed by atoms with Gasteiger partial charge in [0.15, 0.2) is 11.5 Å². The molecule has 0 radical (unpaired) electrons. The van der Waals surface area contributed by atoms with Crippen molar-refractivity contribution in [1.29, 1.82) is 0 Å². The van der Waals surface area contributed by atoms with E-state index in [0.717, 1.165) is 11.3 Å². The molecule has 2 aliphatic rings. The molecule has 0 atom stereocenters. The second-order valence-electron chi connectivity index (χ2n) is 6.46. The number of imide groups is 1. The van der Waals surface area contributed by atoms with Crippen LogP contribution in [0.5, 0.6) is 11.5 Å². The molecule has 8 nitrogen and oxygen atoms in total. The van der Waals surface area contributed by atoms with Gasteiger partial charge in [0.05, 0.1) is 26.3 Å². The Labute approximate surface area is 161 Å². The van der Waals surface area contributed by atoms with Gasteiger partial charge in [-0.05, 0) is 23.8 Å². The quantitative estimate of drug-likeness (QED) is 0.791. The molecule has 0 saturated carbocycles. The Morgan fingerprint density at radius 3 is 2.64 bits per heavy atom. The van der Waals surface area contributed by atoms with E-state index in [4.69, 9.17) is 9.47 Å². The molecule has 2 aliphatic heterocycles. The zero-order valence-electron chi connectivity index (χ0n) is 15.1. The molecule has 2 aromatic carbocycles. The molecule has 0 aliphatic carbocycles. The molecule has 4 amide bonds. The van der Waals surface area contributed by atoms with E-state index < -0.39 is 6.03 Å². The molecule has 2 N–H and O–H groups in total. The van der Waals surface area contributed by atoms with Crippen molar-refractivity contribution in [3.05, 3.63) is 53.6 Å². The Morgan fingerprint density at radius 1 is 1.07 bits per heavy atom. The highest BCUT2D eigenvalue weighted by atomic mass is 16.5. The minimum atomic E-state index is -0.455. The predicted molar refractivity (Wildman–Crippen MR) is 100 cm³/mol. The first-order valence-corrected chi connectivity index (χ1v) is 8.99. The molecule has 0 unspecified atom stereocenters. The van der Waals surface area contributed by atoms with Gasteiger partial charge in [0.1, 0.15) is 0 Å². The van der Waals surface area contributed by atoms with Crippen LogP contribution in [-0.2, 0) is 11.3 Å². The Hall–Kier alpha value is -3.55. The number of carbonyl (C=O) groups is 3. The summed E-state index contributed by atoms with van der Waals surface area (Å²) >= 11 is 0. The third-order valence-corrected chi connectivity index (χ3v) is 4.53. The van der Waals surface area contributed by atoms with Crippen molar-refractivity contribution in [2.75, 3.05) is 25.1 Å². The molecule has 1 saturated heterocycles. The van der Waals surface area contributed by atoms with E-state index in [2.05, 4.69) is 10.6 Å². The van der Waals surface area contributed by atoms with Gasteiger partial charge in [0, 0.05) is 23.7 Å². The summed E-state index contributed by atoms with van der Waals surface area (Å²) in [6.07, 6.45) is 0.798. The fraction of sp³-hybridized carbons (Fsp3) is 0.250. The number of urea groups is 1. The number of rotatable bonds is 4. The lowest BCUT2D eigenvalue weighted by Crippen LogP contribution is -2.31. The lowest BCUT2D eigenvalue weighted by Gasteiger charge is -2.16. The first-order chi connectivity index (χ1) is 13.6. The fourth-order valence-corrected chi connectivity index (χ4v) is 3.10. The van der Waals surface area contributed by atoms with Crippen molar-refractivity contribution in [2.45, 2.75) is 13.0 Å². The summed E-state index contributed by atoms with van der Waals surface area (Å²) in [6, 6.07) is 11.6. The molecule has 144 valence electrons. The van der Waals surface area contributed by atoms with Gasteiger partial charge in [0.25, 0.3) is 5.91 Å². The minimum Gasteiger partial charge on any atom is -0.490 e. The van der Waals surface area contributed by atoms with Crippen LogP contribution < -0.4 is 20.1 Å². The maximum absolute atomic E-state index is 12.8. The Bertz CT molecular complexity index is 927. The second-order valence-corrected chi connectivity index (χ2v) is 6.46. The van der Waals surface area contributed by atoms with Gasteiger partial charge in [-0.15, -0.1) is 0 Å². The average molecular weight is 381 g/mol. The normalized spacial score (nSPS) is 15.8. The highest BCUT2D eigenvalue weighted by molar-refractivity contribution is 6.06. The fourth-order valence-electron chi connectivity index (χ4n) is 3.10. The van der Waals surface area contributed by atoms with Gasteiger partial charge in [-0.3, -0.25) is 14.5 Å². The van der Waals surface area contributed by atoms with Crippen LogP contribution in [0.1, 0.15) is 22.3 Å². The van der Waals surface area contributed by atoms with E-state index >= 15 is 0 Å². The van der Waals surface area contributed by atoms with Crippen molar-refractivity contribution in [3.8, 4) is 11.5 Å². The molecule has 2 aromatic rings. The lowest BCUT2D eigenvalue weighted by molar-refractivity contribution is -0.125. The Kier molecular flexibility index (Phi) is 4.84. The van der Waals surface area contributed by atoms with E-state index in [0.29, 0.717) is 41.5 Å². The van der Waals surface area contributed by atoms with Gasteiger partial charge >= 0.3 is 6.03 Å². The van der Waals surface area contributed by atoms with E-state index in [-0.39, 0.29) is 24.9 Å². The third-order valence-electron chi connectivity index (χ3n) is 4.53. The molecule has 4 rings (SSSR count). The molecule has 0 bridgehead atoms. The van der Waals surface area contributed by atoms with Gasteiger partial charge in [-0.25, -0.2) is 4.79 Å². The number of fused-ring (bicyclic) bond motifs is 1. The summed E-state index contributed by atoms with van der Waals surface area (Å²) in [4.78, 5) is 37.6. The zero-order valence-corrected chi connectivity index (χ0v) is 15.1. The number of nitrogens with one attached hydrogen (secondary N) is 2. The lowest BCUT2D eigenvalue weighted by atomic mass is 10.1. The molecular weight excluding hydrogens is 362 g/mol. The Morgan fingerprint density at radius 2 is 1.86 bits per heavy atom. The van der Waals surface area contributed by atoms with Crippen molar-refractivity contribution < 1.29 is 23.9 Å². The SMILES string of the molecule is O=C(Nc1ccc2c(c1)OCCCO2)c1ccccc1CN1C(=O)CNC1=O. The van der Waals surface area contributed by atoms with Crippen LogP contribution in [-0.4, -0.2) is 42.5 Å². The zero-order chi connectivity index (χ0) is 19.5. The van der Waals surface area contributed by atoms with Crippen molar-refractivity contribution in [2.24, 2.45) is 0 Å². The summed E-state index contributed by atoms with van der Waals surface area (Å²) in [7, 11) is 0. The maximum Gasteiger partial charge on any atom is 0.324 e. The number of amides is 4. The highest BCUT2D eigenvalue weighted by Crippen LogP contribution is 2.32. The molecule has 2 heterocycles. The summed E-state index contributed by atoms with van der Waals surface area (Å²) in [5, 5.41) is 5.31. The van der Waals surface area contributed by atoms with Crippen LogP contribution in [0.3, 0.4) is 0 Å². The number of hydrogen-bond acceptors (Lipinski definition) is 5. The monoisotopic (exact) mass is 381 g/mol. The Balaban J connectivity index is 1.53. The van der Waals surface area contributed by atoms with E-state index in [9.17, 15) is 14.4 Å². The average Bonchev–Trinajstić information content (AvgIpc) is 2.89. The molecular formula is C20H19N3O5. The summed E-state index contributed by atoms with van der Waals surface area (Å²) in [5.74, 6) is 0.581. The summed E-state index contributed by atoms with van der Waals surface area (Å²) < 4.78 is 11.2. The molecule has 8 heteroatoms. The van der Waals surface area contributed by atoms with E-state index in [1.54, 1.807) is 42.5 Å². The molecule has 0 spiro atoms. The van der Waals surface area contributed by atoms with Crippen LogP contribution in [0.25, 0.3) is 0 Å². The number of carbonyl (C=O) groups excluding carboxylic acids is 3. The minimum absolute atomic E-state index is 0.0234.